The van der Waals surface area contributed by atoms with E-state index in [-0.39, 0.29) is 11.9 Å². The number of thioether (sulfide) groups is 1. The highest BCUT2D eigenvalue weighted by molar-refractivity contribution is 7.99. The van der Waals surface area contributed by atoms with Gasteiger partial charge in [-0.15, -0.1) is 11.3 Å². The number of likely N-dealkylation sites (N-methyl/N-ethyl adjacent to an activating group) is 1. The molecule has 0 spiro atoms. The molecule has 140 valence electrons. The van der Waals surface area contributed by atoms with Crippen LogP contribution in [-0.4, -0.2) is 53.9 Å². The Kier molecular flexibility index (Phi) is 7.14. The van der Waals surface area contributed by atoms with Crippen LogP contribution in [0.4, 0.5) is 5.69 Å². The van der Waals surface area contributed by atoms with Gasteiger partial charge in [0.25, 0.3) is 0 Å². The maximum atomic E-state index is 12.4. The zero-order valence-corrected chi connectivity index (χ0v) is 17.1. The summed E-state index contributed by atoms with van der Waals surface area (Å²) in [5, 5.41) is 5.13. The van der Waals surface area contributed by atoms with Crippen LogP contribution in [0.3, 0.4) is 0 Å². The van der Waals surface area contributed by atoms with Crippen molar-refractivity contribution >= 4 is 34.7 Å². The van der Waals surface area contributed by atoms with Crippen molar-refractivity contribution in [2.75, 3.05) is 43.5 Å². The Labute approximate surface area is 164 Å². The second kappa shape index (κ2) is 9.55. The zero-order valence-electron chi connectivity index (χ0n) is 15.5. The summed E-state index contributed by atoms with van der Waals surface area (Å²) >= 11 is 3.75. The molecular formula is C20H27N3OS2. The zero-order chi connectivity index (χ0) is 18.4. The molecule has 0 bridgehead atoms. The van der Waals surface area contributed by atoms with E-state index in [2.05, 4.69) is 51.7 Å². The van der Waals surface area contributed by atoms with Crippen molar-refractivity contribution in [1.82, 2.24) is 9.80 Å². The van der Waals surface area contributed by atoms with Gasteiger partial charge in [-0.2, -0.15) is 11.8 Å². The highest BCUT2D eigenvalue weighted by atomic mass is 32.2. The van der Waals surface area contributed by atoms with Gasteiger partial charge in [0.2, 0.25) is 5.91 Å². The number of nitrogens with zero attached hydrogens (tertiary/aromatic N) is 2. The van der Waals surface area contributed by atoms with Gasteiger partial charge >= 0.3 is 0 Å². The average molecular weight is 390 g/mol. The van der Waals surface area contributed by atoms with Crippen LogP contribution in [0, 0.1) is 0 Å². The Morgan fingerprint density at radius 2 is 2.08 bits per heavy atom. The molecule has 0 aliphatic carbocycles. The number of carbonyl (C=O) groups is 1. The molecule has 2 aromatic rings. The number of anilines is 1. The van der Waals surface area contributed by atoms with E-state index in [1.807, 2.05) is 30.9 Å². The number of amides is 1. The molecule has 1 aliphatic heterocycles. The number of nitrogens with one attached hydrogen (secondary N) is 1. The molecule has 0 saturated carbocycles. The maximum Gasteiger partial charge on any atom is 0.238 e. The SMILES string of the molecule is CC(c1cccs1)N(C)CC(=O)Nc1cccc(CN2CCSCC2)c1. The molecule has 6 heteroatoms. The van der Waals surface area contributed by atoms with Crippen LogP contribution < -0.4 is 5.32 Å². The Balaban J connectivity index is 1.52. The lowest BCUT2D eigenvalue weighted by molar-refractivity contribution is -0.117. The number of hydrogen-bond donors (Lipinski definition) is 1. The van der Waals surface area contributed by atoms with Crippen LogP contribution in [0.1, 0.15) is 23.4 Å². The van der Waals surface area contributed by atoms with Crippen molar-refractivity contribution in [3.05, 3.63) is 52.2 Å². The molecular weight excluding hydrogens is 362 g/mol. The topological polar surface area (TPSA) is 35.6 Å². The minimum Gasteiger partial charge on any atom is -0.325 e. The predicted molar refractivity (Wildman–Crippen MR) is 113 cm³/mol. The smallest absolute Gasteiger partial charge is 0.238 e. The third-order valence-electron chi connectivity index (χ3n) is 4.73. The van der Waals surface area contributed by atoms with Crippen molar-refractivity contribution in [2.45, 2.75) is 19.5 Å². The summed E-state index contributed by atoms with van der Waals surface area (Å²) in [7, 11) is 1.99. The largest absolute Gasteiger partial charge is 0.325 e. The summed E-state index contributed by atoms with van der Waals surface area (Å²) in [5.41, 5.74) is 2.14. The van der Waals surface area contributed by atoms with Gasteiger partial charge < -0.3 is 5.32 Å². The van der Waals surface area contributed by atoms with E-state index in [0.717, 1.165) is 25.3 Å². The lowest BCUT2D eigenvalue weighted by Gasteiger charge is -2.26. The van der Waals surface area contributed by atoms with Gasteiger partial charge in [-0.1, -0.05) is 18.2 Å². The van der Waals surface area contributed by atoms with E-state index in [1.165, 1.54) is 21.9 Å². The fourth-order valence-corrected chi connectivity index (χ4v) is 4.90. The van der Waals surface area contributed by atoms with E-state index in [4.69, 9.17) is 0 Å². The predicted octanol–water partition coefficient (Wildman–Crippen LogP) is 3.93. The van der Waals surface area contributed by atoms with Gasteiger partial charge in [0.1, 0.15) is 0 Å². The minimum atomic E-state index is 0.0300. The summed E-state index contributed by atoms with van der Waals surface area (Å²) in [6, 6.07) is 12.6. The molecule has 1 aromatic heterocycles. The van der Waals surface area contributed by atoms with Gasteiger partial charge in [-0.3, -0.25) is 14.6 Å². The van der Waals surface area contributed by atoms with Crippen molar-refractivity contribution in [3.8, 4) is 0 Å². The van der Waals surface area contributed by atoms with Crippen LogP contribution >= 0.6 is 23.1 Å². The minimum absolute atomic E-state index is 0.0300. The molecule has 1 N–H and O–H groups in total. The average Bonchev–Trinajstić information content (AvgIpc) is 3.16. The lowest BCUT2D eigenvalue weighted by atomic mass is 10.2. The van der Waals surface area contributed by atoms with Crippen molar-refractivity contribution in [1.29, 1.82) is 0 Å². The Bertz CT molecular complexity index is 699. The number of carbonyl (C=O) groups excluding carboxylic acids is 1. The standard InChI is InChI=1S/C20H27N3OS2/c1-16(19-7-4-10-26-19)22(2)15-20(24)21-18-6-3-5-17(13-18)14-23-8-11-25-12-9-23/h3-7,10,13,16H,8-9,11-12,14-15H2,1-2H3,(H,21,24). The fourth-order valence-electron chi connectivity index (χ4n) is 3.08. The Morgan fingerprint density at radius 3 is 2.81 bits per heavy atom. The first kappa shape index (κ1) is 19.4. The van der Waals surface area contributed by atoms with Crippen LogP contribution in [0.15, 0.2) is 41.8 Å². The summed E-state index contributed by atoms with van der Waals surface area (Å²) in [6.45, 7) is 5.77. The van der Waals surface area contributed by atoms with Gasteiger partial charge in [-0.05, 0) is 43.1 Å². The second-order valence-electron chi connectivity index (χ2n) is 6.74. The van der Waals surface area contributed by atoms with Gasteiger partial charge in [-0.25, -0.2) is 0 Å². The monoisotopic (exact) mass is 389 g/mol. The molecule has 1 fully saturated rings. The first-order valence-corrected chi connectivity index (χ1v) is 11.1. The molecule has 0 radical (unpaired) electrons. The quantitative estimate of drug-likeness (QED) is 0.778. The highest BCUT2D eigenvalue weighted by Gasteiger charge is 2.16. The molecule has 1 amide bonds. The van der Waals surface area contributed by atoms with Crippen LogP contribution in [0.5, 0.6) is 0 Å². The second-order valence-corrected chi connectivity index (χ2v) is 8.95. The van der Waals surface area contributed by atoms with Crippen LogP contribution in [0.2, 0.25) is 0 Å². The van der Waals surface area contributed by atoms with Crippen molar-refractivity contribution in [2.24, 2.45) is 0 Å². The maximum absolute atomic E-state index is 12.4. The normalized spacial score (nSPS) is 16.6. The molecule has 1 unspecified atom stereocenters. The lowest BCUT2D eigenvalue weighted by Crippen LogP contribution is -2.32. The van der Waals surface area contributed by atoms with E-state index in [0.29, 0.717) is 6.54 Å². The third-order valence-corrected chi connectivity index (χ3v) is 6.71. The molecule has 3 rings (SSSR count). The Hall–Kier alpha value is -1.34. The van der Waals surface area contributed by atoms with Crippen molar-refractivity contribution in [3.63, 3.8) is 0 Å². The van der Waals surface area contributed by atoms with Gasteiger partial charge in [0, 0.05) is 47.7 Å². The molecule has 4 nitrogen and oxygen atoms in total. The van der Waals surface area contributed by atoms with Gasteiger partial charge in [0.05, 0.1) is 6.54 Å². The Morgan fingerprint density at radius 1 is 1.27 bits per heavy atom. The third kappa shape index (κ3) is 5.58. The van der Waals surface area contributed by atoms with Crippen molar-refractivity contribution < 1.29 is 4.79 Å². The summed E-state index contributed by atoms with van der Waals surface area (Å²) in [4.78, 5) is 18.3. The van der Waals surface area contributed by atoms with Crippen LogP contribution in [-0.2, 0) is 11.3 Å². The van der Waals surface area contributed by atoms with E-state index < -0.39 is 0 Å². The molecule has 1 saturated heterocycles. The first-order valence-electron chi connectivity index (χ1n) is 9.04. The molecule has 1 aromatic carbocycles. The number of rotatable bonds is 7. The number of thiophene rings is 1. The van der Waals surface area contributed by atoms with E-state index in [9.17, 15) is 4.79 Å². The molecule has 1 atom stereocenters. The highest BCUT2D eigenvalue weighted by Crippen LogP contribution is 2.23. The summed E-state index contributed by atoms with van der Waals surface area (Å²) in [5.74, 6) is 2.46. The van der Waals surface area contributed by atoms with E-state index >= 15 is 0 Å². The molecule has 26 heavy (non-hydrogen) atoms. The fraction of sp³-hybridized carbons (Fsp3) is 0.450. The molecule has 2 heterocycles. The molecule has 1 aliphatic rings. The summed E-state index contributed by atoms with van der Waals surface area (Å²) in [6.07, 6.45) is 0. The summed E-state index contributed by atoms with van der Waals surface area (Å²) < 4.78 is 0. The van der Waals surface area contributed by atoms with Gasteiger partial charge in [0.15, 0.2) is 0 Å². The van der Waals surface area contributed by atoms with E-state index in [1.54, 1.807) is 11.3 Å². The number of hydrogen-bond acceptors (Lipinski definition) is 5. The first-order chi connectivity index (χ1) is 12.6. The number of benzene rings is 1. The van der Waals surface area contributed by atoms with Crippen LogP contribution in [0.25, 0.3) is 0 Å².